The molecule has 21 heavy (non-hydrogen) atoms. The Morgan fingerprint density at radius 3 is 2.19 bits per heavy atom. The number of aryl methyl sites for hydroxylation is 2. The van der Waals surface area contributed by atoms with E-state index in [2.05, 4.69) is 48.3 Å². The molecule has 2 aromatic carbocycles. The summed E-state index contributed by atoms with van der Waals surface area (Å²) in [5.41, 5.74) is 3.46. The Bertz CT molecular complexity index is 717. The molecule has 0 saturated heterocycles. The Balaban J connectivity index is 1.67. The van der Waals surface area contributed by atoms with Gasteiger partial charge in [-0.05, 0) is 26.0 Å². The minimum Gasteiger partial charge on any atom is -0.338 e. The molecule has 4 heteroatoms. The number of benzene rings is 2. The molecule has 0 saturated carbocycles. The molecule has 0 aliphatic heterocycles. The van der Waals surface area contributed by atoms with Crippen LogP contribution in [0.15, 0.2) is 57.9 Å². The van der Waals surface area contributed by atoms with Crippen molar-refractivity contribution >= 4 is 11.8 Å². The average Bonchev–Trinajstić information content (AvgIpc) is 2.96. The first kappa shape index (κ1) is 13.9. The minimum atomic E-state index is 0.648. The van der Waals surface area contributed by atoms with Crippen molar-refractivity contribution in [2.45, 2.75) is 24.5 Å². The van der Waals surface area contributed by atoms with Crippen molar-refractivity contribution in [3.8, 4) is 11.4 Å². The van der Waals surface area contributed by atoms with E-state index in [1.165, 1.54) is 16.0 Å². The summed E-state index contributed by atoms with van der Waals surface area (Å²) in [6, 6.07) is 16.5. The fourth-order valence-electron chi connectivity index (χ4n) is 1.91. The lowest BCUT2D eigenvalue weighted by molar-refractivity contribution is 0.391. The average molecular weight is 296 g/mol. The molecule has 0 N–H and O–H groups in total. The van der Waals surface area contributed by atoms with Crippen LogP contribution in [-0.4, -0.2) is 10.1 Å². The summed E-state index contributed by atoms with van der Waals surface area (Å²) in [5.74, 6) is 1.98. The van der Waals surface area contributed by atoms with Gasteiger partial charge in [-0.2, -0.15) is 4.98 Å². The first-order chi connectivity index (χ1) is 10.2. The Hall–Kier alpha value is -2.07. The second kappa shape index (κ2) is 6.14. The second-order valence-corrected chi connectivity index (χ2v) is 6.03. The zero-order chi connectivity index (χ0) is 14.7. The van der Waals surface area contributed by atoms with Crippen molar-refractivity contribution in [3.63, 3.8) is 0 Å². The molecule has 0 spiro atoms. The van der Waals surface area contributed by atoms with Gasteiger partial charge < -0.3 is 4.52 Å². The molecule has 0 fully saturated rings. The first-order valence-electron chi connectivity index (χ1n) is 6.80. The van der Waals surface area contributed by atoms with Crippen molar-refractivity contribution in [2.75, 3.05) is 0 Å². The molecular formula is C17H16N2OS. The second-order valence-electron chi connectivity index (χ2n) is 4.98. The van der Waals surface area contributed by atoms with E-state index >= 15 is 0 Å². The summed E-state index contributed by atoms with van der Waals surface area (Å²) in [6.07, 6.45) is 0. The molecule has 1 aromatic heterocycles. The lowest BCUT2D eigenvalue weighted by Crippen LogP contribution is -1.83. The van der Waals surface area contributed by atoms with Gasteiger partial charge in [0.05, 0.1) is 5.75 Å². The standard InChI is InChI=1S/C17H16N2OS/c1-12-3-7-14(8-4-12)17-18-16(20-19-17)11-21-15-9-5-13(2)6-10-15/h3-10H,11H2,1-2H3. The third kappa shape index (κ3) is 3.52. The van der Waals surface area contributed by atoms with Crippen LogP contribution in [0.4, 0.5) is 0 Å². The van der Waals surface area contributed by atoms with E-state index in [1.807, 2.05) is 24.3 Å². The highest BCUT2D eigenvalue weighted by molar-refractivity contribution is 7.98. The number of hydrogen-bond donors (Lipinski definition) is 0. The summed E-state index contributed by atoms with van der Waals surface area (Å²) in [7, 11) is 0. The van der Waals surface area contributed by atoms with E-state index in [1.54, 1.807) is 11.8 Å². The Morgan fingerprint density at radius 1 is 0.905 bits per heavy atom. The monoisotopic (exact) mass is 296 g/mol. The number of hydrogen-bond acceptors (Lipinski definition) is 4. The molecule has 3 aromatic rings. The maximum Gasteiger partial charge on any atom is 0.237 e. The zero-order valence-corrected chi connectivity index (χ0v) is 12.9. The first-order valence-corrected chi connectivity index (χ1v) is 7.78. The maximum absolute atomic E-state index is 5.31. The normalized spacial score (nSPS) is 10.8. The van der Waals surface area contributed by atoms with Gasteiger partial charge in [0.25, 0.3) is 0 Å². The summed E-state index contributed by atoms with van der Waals surface area (Å²) in [4.78, 5) is 5.65. The SMILES string of the molecule is Cc1ccc(SCc2nc(-c3ccc(C)cc3)no2)cc1. The lowest BCUT2D eigenvalue weighted by atomic mass is 10.1. The summed E-state index contributed by atoms with van der Waals surface area (Å²) >= 11 is 1.70. The fourth-order valence-corrected chi connectivity index (χ4v) is 2.65. The van der Waals surface area contributed by atoms with Crippen molar-refractivity contribution < 1.29 is 4.52 Å². The fraction of sp³-hybridized carbons (Fsp3) is 0.176. The summed E-state index contributed by atoms with van der Waals surface area (Å²) < 4.78 is 5.31. The Morgan fingerprint density at radius 2 is 1.52 bits per heavy atom. The Kier molecular flexibility index (Phi) is 4.06. The number of nitrogens with zero attached hydrogens (tertiary/aromatic N) is 2. The van der Waals surface area contributed by atoms with Crippen LogP contribution in [0.3, 0.4) is 0 Å². The highest BCUT2D eigenvalue weighted by atomic mass is 32.2. The van der Waals surface area contributed by atoms with E-state index in [0.29, 0.717) is 17.5 Å². The van der Waals surface area contributed by atoms with E-state index in [-0.39, 0.29) is 0 Å². The molecule has 1 heterocycles. The van der Waals surface area contributed by atoms with Gasteiger partial charge in [0, 0.05) is 10.5 Å². The van der Waals surface area contributed by atoms with E-state index in [4.69, 9.17) is 4.52 Å². The van der Waals surface area contributed by atoms with Gasteiger partial charge in [-0.3, -0.25) is 0 Å². The van der Waals surface area contributed by atoms with E-state index in [0.717, 1.165) is 5.56 Å². The quantitative estimate of drug-likeness (QED) is 0.657. The molecule has 0 radical (unpaired) electrons. The van der Waals surface area contributed by atoms with Crippen LogP contribution < -0.4 is 0 Å². The van der Waals surface area contributed by atoms with Crippen molar-refractivity contribution in [2.24, 2.45) is 0 Å². The van der Waals surface area contributed by atoms with Gasteiger partial charge >= 0.3 is 0 Å². The molecule has 0 aliphatic carbocycles. The predicted octanol–water partition coefficient (Wildman–Crippen LogP) is 4.65. The minimum absolute atomic E-state index is 0.648. The van der Waals surface area contributed by atoms with Crippen LogP contribution in [0.5, 0.6) is 0 Å². The van der Waals surface area contributed by atoms with E-state index < -0.39 is 0 Å². The molecular weight excluding hydrogens is 280 g/mol. The maximum atomic E-state index is 5.31. The van der Waals surface area contributed by atoms with Gasteiger partial charge in [0.1, 0.15) is 0 Å². The molecule has 3 nitrogen and oxygen atoms in total. The van der Waals surface area contributed by atoms with Crippen molar-refractivity contribution in [1.82, 2.24) is 10.1 Å². The number of aromatic nitrogens is 2. The van der Waals surface area contributed by atoms with Crippen LogP contribution in [0.1, 0.15) is 17.0 Å². The molecule has 0 amide bonds. The molecule has 3 rings (SSSR count). The third-order valence-corrected chi connectivity index (χ3v) is 4.16. The molecule has 106 valence electrons. The highest BCUT2D eigenvalue weighted by Crippen LogP contribution is 2.24. The number of thioether (sulfide) groups is 1. The van der Waals surface area contributed by atoms with E-state index in [9.17, 15) is 0 Å². The predicted molar refractivity (Wildman–Crippen MR) is 85.2 cm³/mol. The van der Waals surface area contributed by atoms with Crippen molar-refractivity contribution in [1.29, 1.82) is 0 Å². The van der Waals surface area contributed by atoms with Crippen LogP contribution >= 0.6 is 11.8 Å². The van der Waals surface area contributed by atoms with Crippen LogP contribution in [0.2, 0.25) is 0 Å². The number of rotatable bonds is 4. The molecule has 0 aliphatic rings. The lowest BCUT2D eigenvalue weighted by Gasteiger charge is -1.98. The smallest absolute Gasteiger partial charge is 0.237 e. The van der Waals surface area contributed by atoms with Gasteiger partial charge in [-0.1, -0.05) is 52.7 Å². The van der Waals surface area contributed by atoms with Crippen LogP contribution in [-0.2, 0) is 5.75 Å². The summed E-state index contributed by atoms with van der Waals surface area (Å²) in [6.45, 7) is 4.14. The van der Waals surface area contributed by atoms with Gasteiger partial charge in [0.15, 0.2) is 0 Å². The van der Waals surface area contributed by atoms with Crippen molar-refractivity contribution in [3.05, 3.63) is 65.5 Å². The van der Waals surface area contributed by atoms with Gasteiger partial charge in [-0.15, -0.1) is 11.8 Å². The summed E-state index contributed by atoms with van der Waals surface area (Å²) in [5, 5.41) is 4.04. The van der Waals surface area contributed by atoms with Crippen LogP contribution in [0, 0.1) is 13.8 Å². The van der Waals surface area contributed by atoms with Crippen LogP contribution in [0.25, 0.3) is 11.4 Å². The topological polar surface area (TPSA) is 38.9 Å². The third-order valence-electron chi connectivity index (χ3n) is 3.16. The largest absolute Gasteiger partial charge is 0.338 e. The molecule has 0 bridgehead atoms. The Labute approximate surface area is 128 Å². The molecule has 0 unspecified atom stereocenters. The zero-order valence-electron chi connectivity index (χ0n) is 12.0. The van der Waals surface area contributed by atoms with Gasteiger partial charge in [-0.25, -0.2) is 0 Å². The van der Waals surface area contributed by atoms with Gasteiger partial charge in [0.2, 0.25) is 11.7 Å². The molecule has 0 atom stereocenters. The highest BCUT2D eigenvalue weighted by Gasteiger charge is 2.08.